The van der Waals surface area contributed by atoms with Crippen LogP contribution in [0, 0.1) is 27.7 Å². The lowest BCUT2D eigenvalue weighted by atomic mass is 9.92. The first-order valence-corrected chi connectivity index (χ1v) is 14.3. The van der Waals surface area contributed by atoms with Crippen molar-refractivity contribution >= 4 is 0 Å². The minimum Gasteiger partial charge on any atom is -0.508 e. The minimum atomic E-state index is 0.184. The molecular formula is C40H34O2. The molecule has 0 amide bonds. The summed E-state index contributed by atoms with van der Waals surface area (Å²) in [5, 5.41) is 21.6. The third kappa shape index (κ3) is 5.84. The molecule has 6 rings (SSSR count). The number of hydrogen-bond acceptors (Lipinski definition) is 2. The van der Waals surface area contributed by atoms with Gasteiger partial charge in [0.1, 0.15) is 11.5 Å². The fourth-order valence-electron chi connectivity index (χ4n) is 5.77. The highest BCUT2D eigenvalue weighted by atomic mass is 16.3. The molecule has 2 N–H and O–H groups in total. The highest BCUT2D eigenvalue weighted by Gasteiger charge is 2.12. The number of aromatic hydroxyl groups is 2. The average molecular weight is 547 g/mol. The van der Waals surface area contributed by atoms with Crippen LogP contribution >= 0.6 is 0 Å². The van der Waals surface area contributed by atoms with Crippen LogP contribution in [0.1, 0.15) is 22.3 Å². The van der Waals surface area contributed by atoms with Crippen molar-refractivity contribution in [3.05, 3.63) is 144 Å². The van der Waals surface area contributed by atoms with Gasteiger partial charge in [0.25, 0.3) is 0 Å². The Morgan fingerprint density at radius 3 is 0.857 bits per heavy atom. The molecule has 2 heteroatoms. The second-order valence-corrected chi connectivity index (χ2v) is 11.5. The van der Waals surface area contributed by atoms with Crippen molar-refractivity contribution in [2.24, 2.45) is 0 Å². The summed E-state index contributed by atoms with van der Waals surface area (Å²) in [5.41, 5.74) is 14.9. The molecule has 0 saturated carbocycles. The molecule has 0 fully saturated rings. The van der Waals surface area contributed by atoms with E-state index in [1.165, 1.54) is 22.3 Å². The predicted molar refractivity (Wildman–Crippen MR) is 176 cm³/mol. The van der Waals surface area contributed by atoms with E-state index in [1.54, 1.807) is 24.3 Å². The van der Waals surface area contributed by atoms with Crippen molar-refractivity contribution in [1.29, 1.82) is 0 Å². The van der Waals surface area contributed by atoms with Crippen LogP contribution in [0.25, 0.3) is 55.6 Å². The summed E-state index contributed by atoms with van der Waals surface area (Å²) in [5.74, 6) is 0.367. The molecule has 0 bridgehead atoms. The molecular weight excluding hydrogens is 512 g/mol. The number of rotatable bonds is 5. The van der Waals surface area contributed by atoms with E-state index in [4.69, 9.17) is 0 Å². The molecule has 0 radical (unpaired) electrons. The minimum absolute atomic E-state index is 0.184. The molecule has 0 aliphatic carbocycles. The molecule has 0 aliphatic rings. The fourth-order valence-corrected chi connectivity index (χ4v) is 5.77. The van der Waals surface area contributed by atoms with E-state index in [0.29, 0.717) is 0 Å². The quantitative estimate of drug-likeness (QED) is 0.226. The van der Waals surface area contributed by atoms with Crippen LogP contribution in [-0.4, -0.2) is 10.2 Å². The Balaban J connectivity index is 1.42. The average Bonchev–Trinajstić information content (AvgIpc) is 2.96. The summed E-state index contributed by atoms with van der Waals surface area (Å²) < 4.78 is 0. The van der Waals surface area contributed by atoms with Crippen LogP contribution in [0.15, 0.2) is 121 Å². The van der Waals surface area contributed by atoms with Gasteiger partial charge in [-0.1, -0.05) is 83.9 Å². The first kappa shape index (κ1) is 27.1. The van der Waals surface area contributed by atoms with E-state index in [2.05, 4.69) is 125 Å². The fraction of sp³-hybridized carbons (Fsp3) is 0.100. The summed E-state index contributed by atoms with van der Waals surface area (Å²) in [6.45, 7) is 8.40. The largest absolute Gasteiger partial charge is 0.508 e. The van der Waals surface area contributed by atoms with Gasteiger partial charge in [-0.25, -0.2) is 0 Å². The van der Waals surface area contributed by atoms with Crippen molar-refractivity contribution < 1.29 is 10.2 Å². The number of phenols is 2. The maximum Gasteiger partial charge on any atom is 0.116 e. The number of phenolic OH excluding ortho intramolecular Hbond substituents is 2. The SMILES string of the molecule is Cc1cccc(-c2cc(C)cc(-c3cc(O)cc(-c4cc(O)cc(-c5cc(C)cc(-c6cccc(C)c6)c5)c4)c3)c2)c1. The van der Waals surface area contributed by atoms with Gasteiger partial charge >= 0.3 is 0 Å². The third-order valence-corrected chi connectivity index (χ3v) is 7.69. The van der Waals surface area contributed by atoms with E-state index in [0.717, 1.165) is 55.6 Å². The molecule has 0 aliphatic heterocycles. The van der Waals surface area contributed by atoms with Gasteiger partial charge < -0.3 is 10.2 Å². The first-order valence-electron chi connectivity index (χ1n) is 14.3. The molecule has 0 spiro atoms. The first-order chi connectivity index (χ1) is 20.2. The molecule has 0 atom stereocenters. The van der Waals surface area contributed by atoms with Crippen molar-refractivity contribution in [3.8, 4) is 67.1 Å². The number of aryl methyl sites for hydroxylation is 4. The molecule has 42 heavy (non-hydrogen) atoms. The van der Waals surface area contributed by atoms with E-state index in [9.17, 15) is 10.2 Å². The number of hydrogen-bond donors (Lipinski definition) is 2. The lowest BCUT2D eigenvalue weighted by molar-refractivity contribution is 0.474. The van der Waals surface area contributed by atoms with Gasteiger partial charge in [0, 0.05) is 0 Å². The Bertz CT molecular complexity index is 1800. The summed E-state index contributed by atoms with van der Waals surface area (Å²) in [7, 11) is 0. The van der Waals surface area contributed by atoms with Gasteiger partial charge in [-0.05, 0) is 143 Å². The van der Waals surface area contributed by atoms with E-state index >= 15 is 0 Å². The summed E-state index contributed by atoms with van der Waals surface area (Å²) in [4.78, 5) is 0. The van der Waals surface area contributed by atoms with Crippen molar-refractivity contribution in [2.45, 2.75) is 27.7 Å². The van der Waals surface area contributed by atoms with E-state index in [1.807, 2.05) is 0 Å². The Labute approximate surface area is 248 Å². The standard InChI is InChI=1S/C40H34O2/c1-25-7-5-9-29(11-25)31-13-27(3)15-33(17-31)35-19-37(23-39(41)21-35)38-20-36(22-40(42)24-38)34-16-28(4)14-32(18-34)30-10-6-8-26(2)12-30/h5-24,41-42H,1-4H3. The Morgan fingerprint density at radius 1 is 0.286 bits per heavy atom. The van der Waals surface area contributed by atoms with Crippen molar-refractivity contribution in [1.82, 2.24) is 0 Å². The summed E-state index contributed by atoms with van der Waals surface area (Å²) in [6.07, 6.45) is 0. The van der Waals surface area contributed by atoms with Crippen LogP contribution in [0.2, 0.25) is 0 Å². The van der Waals surface area contributed by atoms with Gasteiger partial charge in [-0.3, -0.25) is 0 Å². The maximum atomic E-state index is 10.8. The van der Waals surface area contributed by atoms with Crippen LogP contribution < -0.4 is 0 Å². The van der Waals surface area contributed by atoms with Gasteiger partial charge in [-0.15, -0.1) is 0 Å². The zero-order valence-corrected chi connectivity index (χ0v) is 24.4. The zero-order chi connectivity index (χ0) is 29.4. The molecule has 206 valence electrons. The third-order valence-electron chi connectivity index (χ3n) is 7.69. The number of benzene rings is 6. The normalized spacial score (nSPS) is 11.0. The van der Waals surface area contributed by atoms with Crippen LogP contribution in [-0.2, 0) is 0 Å². The zero-order valence-electron chi connectivity index (χ0n) is 24.4. The second-order valence-electron chi connectivity index (χ2n) is 11.5. The molecule has 0 saturated heterocycles. The van der Waals surface area contributed by atoms with Gasteiger partial charge in [0.05, 0.1) is 0 Å². The van der Waals surface area contributed by atoms with Crippen LogP contribution in [0.3, 0.4) is 0 Å². The Hall–Kier alpha value is -5.08. The summed E-state index contributed by atoms with van der Waals surface area (Å²) in [6, 6.07) is 41.3. The molecule has 0 unspecified atom stereocenters. The second kappa shape index (κ2) is 11.1. The highest BCUT2D eigenvalue weighted by molar-refractivity contribution is 5.83. The van der Waals surface area contributed by atoms with Crippen LogP contribution in [0.4, 0.5) is 0 Å². The molecule has 6 aromatic carbocycles. The van der Waals surface area contributed by atoms with Crippen LogP contribution in [0.5, 0.6) is 11.5 Å². The monoisotopic (exact) mass is 546 g/mol. The summed E-state index contributed by atoms with van der Waals surface area (Å²) >= 11 is 0. The van der Waals surface area contributed by atoms with Crippen molar-refractivity contribution in [2.75, 3.05) is 0 Å². The van der Waals surface area contributed by atoms with E-state index < -0.39 is 0 Å². The van der Waals surface area contributed by atoms with Crippen molar-refractivity contribution in [3.63, 3.8) is 0 Å². The molecule has 0 heterocycles. The van der Waals surface area contributed by atoms with Gasteiger partial charge in [0.2, 0.25) is 0 Å². The van der Waals surface area contributed by atoms with E-state index in [-0.39, 0.29) is 11.5 Å². The maximum absolute atomic E-state index is 10.8. The smallest absolute Gasteiger partial charge is 0.116 e. The highest BCUT2D eigenvalue weighted by Crippen LogP contribution is 2.38. The lowest BCUT2D eigenvalue weighted by Crippen LogP contribution is -1.88. The van der Waals surface area contributed by atoms with Gasteiger partial charge in [0.15, 0.2) is 0 Å². The Morgan fingerprint density at radius 2 is 0.548 bits per heavy atom. The predicted octanol–water partition coefficient (Wildman–Crippen LogP) is 10.7. The molecule has 0 aromatic heterocycles. The Kier molecular flexibility index (Phi) is 7.14. The van der Waals surface area contributed by atoms with Gasteiger partial charge in [-0.2, -0.15) is 0 Å². The lowest BCUT2D eigenvalue weighted by Gasteiger charge is -2.13. The topological polar surface area (TPSA) is 40.5 Å². The molecule has 6 aromatic rings. The molecule has 2 nitrogen and oxygen atoms in total.